The van der Waals surface area contributed by atoms with Crippen LogP contribution in [0, 0.1) is 41.2 Å². The van der Waals surface area contributed by atoms with E-state index in [4.69, 9.17) is 9.47 Å². The van der Waals surface area contributed by atoms with Gasteiger partial charge in [-0.15, -0.1) is 0 Å². The Hall–Kier alpha value is -2.60. The fourth-order valence-electron chi connectivity index (χ4n) is 5.71. The molecule has 0 radical (unpaired) electrons. The van der Waals surface area contributed by atoms with Gasteiger partial charge in [-0.3, -0.25) is 9.78 Å². The zero-order chi connectivity index (χ0) is 21.5. The summed E-state index contributed by atoms with van der Waals surface area (Å²) in [7, 11) is 0. The lowest BCUT2D eigenvalue weighted by atomic mass is 9.60. The van der Waals surface area contributed by atoms with Crippen LogP contribution in [0.3, 0.4) is 0 Å². The minimum absolute atomic E-state index is 0.0705. The Morgan fingerprint density at radius 2 is 2.06 bits per heavy atom. The number of aromatic nitrogens is 1. The molecule has 1 aromatic heterocycles. The van der Waals surface area contributed by atoms with Crippen LogP contribution in [0.1, 0.15) is 25.5 Å². The van der Waals surface area contributed by atoms with E-state index in [-0.39, 0.29) is 35.4 Å². The molecule has 2 aliphatic heterocycles. The molecule has 5 unspecified atom stereocenters. The number of benzene rings is 1. The first kappa shape index (κ1) is 20.3. The Morgan fingerprint density at radius 1 is 1.19 bits per heavy atom. The van der Waals surface area contributed by atoms with Crippen molar-refractivity contribution in [2.24, 2.45) is 29.6 Å². The monoisotopic (exact) mass is 425 g/mol. The molecular formula is C25H25F2NO3. The zero-order valence-electron chi connectivity index (χ0n) is 17.3. The minimum Gasteiger partial charge on any atom is -0.462 e. The van der Waals surface area contributed by atoms with Gasteiger partial charge in [0.1, 0.15) is 6.10 Å². The molecule has 162 valence electrons. The first-order valence-electron chi connectivity index (χ1n) is 10.9. The maximum Gasteiger partial charge on any atom is 0.309 e. The highest BCUT2D eigenvalue weighted by Gasteiger charge is 2.54. The first-order chi connectivity index (χ1) is 15.0. The number of fused-ring (bicyclic) bond motifs is 2. The van der Waals surface area contributed by atoms with Crippen LogP contribution in [-0.4, -0.2) is 30.3 Å². The summed E-state index contributed by atoms with van der Waals surface area (Å²) in [5.41, 5.74) is 1.46. The van der Waals surface area contributed by atoms with Crippen molar-refractivity contribution in [3.63, 3.8) is 0 Å². The van der Waals surface area contributed by atoms with Crippen LogP contribution in [0.2, 0.25) is 0 Å². The van der Waals surface area contributed by atoms with E-state index in [1.807, 2.05) is 13.0 Å². The molecule has 0 amide bonds. The predicted octanol–water partition coefficient (Wildman–Crippen LogP) is 4.89. The smallest absolute Gasteiger partial charge is 0.309 e. The van der Waals surface area contributed by atoms with Crippen molar-refractivity contribution in [3.8, 4) is 11.1 Å². The number of allylic oxidation sites excluding steroid dienone is 1. The van der Waals surface area contributed by atoms with Crippen molar-refractivity contribution < 1.29 is 23.0 Å². The number of hydrogen-bond acceptors (Lipinski definition) is 4. The van der Waals surface area contributed by atoms with E-state index in [1.54, 1.807) is 18.3 Å². The number of halogens is 2. The largest absolute Gasteiger partial charge is 0.462 e. The number of cyclic esters (lactones) is 1. The molecule has 31 heavy (non-hydrogen) atoms. The molecule has 2 aromatic rings. The molecule has 0 spiro atoms. The van der Waals surface area contributed by atoms with Gasteiger partial charge in [-0.05, 0) is 55.7 Å². The van der Waals surface area contributed by atoms with Crippen LogP contribution in [0.15, 0.2) is 42.6 Å². The lowest BCUT2D eigenvalue weighted by molar-refractivity contribution is -0.144. The van der Waals surface area contributed by atoms with Gasteiger partial charge < -0.3 is 9.47 Å². The van der Waals surface area contributed by atoms with Crippen molar-refractivity contribution >= 4 is 12.0 Å². The molecule has 1 aliphatic carbocycles. The number of pyridine rings is 1. The molecule has 5 rings (SSSR count). The summed E-state index contributed by atoms with van der Waals surface area (Å²) >= 11 is 0. The van der Waals surface area contributed by atoms with Gasteiger partial charge in [-0.1, -0.05) is 24.3 Å². The third-order valence-corrected chi connectivity index (χ3v) is 7.18. The average molecular weight is 425 g/mol. The summed E-state index contributed by atoms with van der Waals surface area (Å²) in [4.78, 5) is 16.8. The Morgan fingerprint density at radius 3 is 2.87 bits per heavy atom. The van der Waals surface area contributed by atoms with E-state index < -0.39 is 11.6 Å². The van der Waals surface area contributed by atoms with Crippen molar-refractivity contribution in [2.45, 2.75) is 25.9 Å². The second kappa shape index (κ2) is 8.15. The molecule has 3 aliphatic rings. The third kappa shape index (κ3) is 3.67. The number of carbonyl (C=O) groups is 1. The van der Waals surface area contributed by atoms with E-state index in [0.717, 1.165) is 31.2 Å². The number of esters is 1. The van der Waals surface area contributed by atoms with Gasteiger partial charge in [0, 0.05) is 36.5 Å². The number of nitrogens with zero attached hydrogens (tertiary/aromatic N) is 1. The maximum absolute atomic E-state index is 14.1. The Kier molecular flexibility index (Phi) is 5.34. The van der Waals surface area contributed by atoms with E-state index in [2.05, 4.69) is 11.1 Å². The summed E-state index contributed by atoms with van der Waals surface area (Å²) < 4.78 is 38.9. The van der Waals surface area contributed by atoms with Gasteiger partial charge in [0.15, 0.2) is 11.6 Å². The molecule has 0 N–H and O–H groups in total. The second-order valence-corrected chi connectivity index (χ2v) is 8.86. The predicted molar refractivity (Wildman–Crippen MR) is 112 cm³/mol. The minimum atomic E-state index is -0.873. The summed E-state index contributed by atoms with van der Waals surface area (Å²) in [5, 5.41) is 0. The zero-order valence-corrected chi connectivity index (χ0v) is 17.3. The Bertz CT molecular complexity index is 1010. The molecule has 3 heterocycles. The number of carbonyl (C=O) groups excluding carboxylic acids is 1. The van der Waals surface area contributed by atoms with Crippen molar-refractivity contribution in [2.75, 3.05) is 13.2 Å². The van der Waals surface area contributed by atoms with Crippen LogP contribution in [-0.2, 0) is 14.3 Å². The van der Waals surface area contributed by atoms with Crippen LogP contribution in [0.4, 0.5) is 8.78 Å². The normalized spacial score (nSPS) is 32.5. The van der Waals surface area contributed by atoms with Crippen molar-refractivity contribution in [3.05, 3.63) is 59.9 Å². The highest BCUT2D eigenvalue weighted by Crippen LogP contribution is 2.51. The molecule has 2 saturated heterocycles. The van der Waals surface area contributed by atoms with Crippen LogP contribution in [0.25, 0.3) is 17.2 Å². The standard InChI is InChI=1S/C25H25F2NO3/c1-14-23-20(18-9-10-30-13-16(18)11-21(23)25(29)31-14)8-7-17-6-5-15(12-28-17)19-3-2-4-22(26)24(19)27/h2-8,12,14,16,18,20-21,23H,9-11,13H2,1H3/b8-7+/t14-,16?,18?,20?,21?,23?/m1/s1. The fraction of sp³-hybridized carbons (Fsp3) is 0.440. The first-order valence-corrected chi connectivity index (χ1v) is 10.9. The molecule has 3 fully saturated rings. The summed E-state index contributed by atoms with van der Waals surface area (Å²) in [5.74, 6) is -0.677. The van der Waals surface area contributed by atoms with Crippen molar-refractivity contribution in [1.29, 1.82) is 0 Å². The van der Waals surface area contributed by atoms with E-state index in [1.165, 1.54) is 12.1 Å². The number of hydrogen-bond donors (Lipinski definition) is 0. The summed E-state index contributed by atoms with van der Waals surface area (Å²) in [6, 6.07) is 7.67. The van der Waals surface area contributed by atoms with Crippen LogP contribution >= 0.6 is 0 Å². The topological polar surface area (TPSA) is 48.4 Å². The summed E-state index contributed by atoms with van der Waals surface area (Å²) in [6.45, 7) is 3.44. The maximum atomic E-state index is 14.1. The Balaban J connectivity index is 1.40. The van der Waals surface area contributed by atoms with Gasteiger partial charge in [-0.2, -0.15) is 0 Å². The molecule has 0 bridgehead atoms. The molecular weight excluding hydrogens is 400 g/mol. The molecule has 6 heteroatoms. The quantitative estimate of drug-likeness (QED) is 0.657. The molecule has 4 nitrogen and oxygen atoms in total. The van der Waals surface area contributed by atoms with Crippen LogP contribution in [0.5, 0.6) is 0 Å². The van der Waals surface area contributed by atoms with E-state index in [0.29, 0.717) is 24.0 Å². The highest BCUT2D eigenvalue weighted by atomic mass is 19.2. The van der Waals surface area contributed by atoms with Gasteiger partial charge in [0.2, 0.25) is 0 Å². The Labute approximate surface area is 180 Å². The van der Waals surface area contributed by atoms with E-state index >= 15 is 0 Å². The van der Waals surface area contributed by atoms with Crippen molar-refractivity contribution in [1.82, 2.24) is 4.98 Å². The average Bonchev–Trinajstić information content (AvgIpc) is 3.07. The van der Waals surface area contributed by atoms with E-state index in [9.17, 15) is 13.6 Å². The van der Waals surface area contributed by atoms with Gasteiger partial charge in [0.25, 0.3) is 0 Å². The fourth-order valence-corrected chi connectivity index (χ4v) is 5.71. The highest BCUT2D eigenvalue weighted by molar-refractivity contribution is 5.75. The summed E-state index contributed by atoms with van der Waals surface area (Å²) in [6.07, 6.45) is 7.43. The lowest BCUT2D eigenvalue weighted by Crippen LogP contribution is -2.45. The molecule has 1 aromatic carbocycles. The lowest BCUT2D eigenvalue weighted by Gasteiger charge is -2.45. The molecule has 6 atom stereocenters. The van der Waals surface area contributed by atoms with Gasteiger partial charge in [0.05, 0.1) is 11.6 Å². The van der Waals surface area contributed by atoms with Gasteiger partial charge in [-0.25, -0.2) is 8.78 Å². The third-order valence-electron chi connectivity index (χ3n) is 7.18. The van der Waals surface area contributed by atoms with Gasteiger partial charge >= 0.3 is 5.97 Å². The molecule has 1 saturated carbocycles. The number of ether oxygens (including phenoxy) is 2. The van der Waals surface area contributed by atoms with Crippen LogP contribution < -0.4 is 0 Å². The number of rotatable bonds is 3. The second-order valence-electron chi connectivity index (χ2n) is 8.86. The SMILES string of the molecule is C[C@H]1OC(=O)C2CC3COCCC3C(/C=C/c3ccc(-c4cccc(F)c4F)cn3)C21.